The van der Waals surface area contributed by atoms with Crippen LogP contribution in [0.4, 0.5) is 0 Å². The minimum Gasteiger partial charge on any atom is -0.493 e. The number of hydrogen-bond donors (Lipinski definition) is 2. The van der Waals surface area contributed by atoms with E-state index in [4.69, 9.17) is 18.9 Å². The van der Waals surface area contributed by atoms with E-state index < -0.39 is 0 Å². The third kappa shape index (κ3) is 4.63. The van der Waals surface area contributed by atoms with Crippen LogP contribution in [-0.4, -0.2) is 53.0 Å². The average molecular weight is 347 g/mol. The summed E-state index contributed by atoms with van der Waals surface area (Å²) in [5, 5.41) is 5.99. The molecule has 0 saturated carbocycles. The molecule has 1 saturated heterocycles. The van der Waals surface area contributed by atoms with Gasteiger partial charge in [-0.05, 0) is 12.1 Å². The maximum atomic E-state index is 12.1. The first-order chi connectivity index (χ1) is 10.7. The molecule has 0 spiro atoms. The monoisotopic (exact) mass is 346 g/mol. The summed E-state index contributed by atoms with van der Waals surface area (Å²) < 4.78 is 21.2. The molecule has 23 heavy (non-hydrogen) atoms. The summed E-state index contributed by atoms with van der Waals surface area (Å²) in [6.45, 7) is 2.03. The summed E-state index contributed by atoms with van der Waals surface area (Å²) in [5.74, 6) is 1.54. The topological polar surface area (TPSA) is 78.1 Å². The number of methoxy groups -OCH3 is 3. The lowest BCUT2D eigenvalue weighted by molar-refractivity contribution is -0.126. The predicted octanol–water partition coefficient (Wildman–Crippen LogP) is 0.739. The molecule has 1 aliphatic heterocycles. The molecule has 1 unspecified atom stereocenters. The summed E-state index contributed by atoms with van der Waals surface area (Å²) in [4.78, 5) is 12.1. The molecule has 0 bridgehead atoms. The number of ether oxygens (including phenoxy) is 4. The Morgan fingerprint density at radius 3 is 2.57 bits per heavy atom. The Kier molecular flexibility index (Phi) is 7.94. The quantitative estimate of drug-likeness (QED) is 0.791. The fourth-order valence-corrected chi connectivity index (χ4v) is 2.34. The van der Waals surface area contributed by atoms with Crippen molar-refractivity contribution in [3.8, 4) is 17.2 Å². The molecule has 0 aromatic heterocycles. The van der Waals surface area contributed by atoms with Gasteiger partial charge in [-0.15, -0.1) is 12.4 Å². The number of rotatable bonds is 6. The van der Waals surface area contributed by atoms with Gasteiger partial charge in [0.15, 0.2) is 11.5 Å². The third-order valence-corrected chi connectivity index (χ3v) is 3.48. The van der Waals surface area contributed by atoms with Crippen LogP contribution in [0.2, 0.25) is 0 Å². The minimum absolute atomic E-state index is 0. The van der Waals surface area contributed by atoms with Gasteiger partial charge in [-0.2, -0.15) is 0 Å². The molecule has 1 aromatic rings. The highest BCUT2D eigenvalue weighted by molar-refractivity contribution is 5.85. The lowest BCUT2D eigenvalue weighted by Crippen LogP contribution is -2.51. The van der Waals surface area contributed by atoms with Crippen LogP contribution in [0.1, 0.15) is 5.56 Å². The van der Waals surface area contributed by atoms with Crippen LogP contribution in [0.25, 0.3) is 0 Å². The molecule has 1 atom stereocenters. The maximum absolute atomic E-state index is 12.1. The molecule has 1 heterocycles. The van der Waals surface area contributed by atoms with Crippen molar-refractivity contribution in [3.05, 3.63) is 17.7 Å². The number of morpholine rings is 1. The van der Waals surface area contributed by atoms with E-state index in [0.717, 1.165) is 5.56 Å². The van der Waals surface area contributed by atoms with Crippen molar-refractivity contribution in [3.63, 3.8) is 0 Å². The van der Waals surface area contributed by atoms with E-state index in [0.29, 0.717) is 43.6 Å². The van der Waals surface area contributed by atoms with Crippen LogP contribution >= 0.6 is 12.4 Å². The van der Waals surface area contributed by atoms with Gasteiger partial charge in [-0.1, -0.05) is 0 Å². The number of nitrogens with one attached hydrogen (secondary N) is 2. The fourth-order valence-electron chi connectivity index (χ4n) is 2.34. The zero-order chi connectivity index (χ0) is 15.9. The van der Waals surface area contributed by atoms with Crippen LogP contribution < -0.4 is 24.8 Å². The number of hydrogen-bond acceptors (Lipinski definition) is 6. The van der Waals surface area contributed by atoms with Gasteiger partial charge in [0, 0.05) is 18.7 Å². The number of carbonyl (C=O) groups is 1. The first-order valence-corrected chi connectivity index (χ1v) is 7.08. The van der Waals surface area contributed by atoms with Crippen molar-refractivity contribution in [2.24, 2.45) is 0 Å². The first kappa shape index (κ1) is 19.3. The summed E-state index contributed by atoms with van der Waals surface area (Å²) in [5.41, 5.74) is 0.810. The summed E-state index contributed by atoms with van der Waals surface area (Å²) in [6, 6.07) is 3.30. The summed E-state index contributed by atoms with van der Waals surface area (Å²) >= 11 is 0. The Labute approximate surface area is 142 Å². The number of carbonyl (C=O) groups excluding carboxylic acids is 1. The Morgan fingerprint density at radius 2 is 2.00 bits per heavy atom. The predicted molar refractivity (Wildman–Crippen MR) is 87.8 cm³/mol. The summed E-state index contributed by atoms with van der Waals surface area (Å²) in [7, 11) is 4.67. The van der Waals surface area contributed by atoms with Gasteiger partial charge in [0.05, 0.1) is 34.5 Å². The first-order valence-electron chi connectivity index (χ1n) is 7.08. The van der Waals surface area contributed by atoms with Crippen LogP contribution in [0.5, 0.6) is 17.2 Å². The lowest BCUT2D eigenvalue weighted by Gasteiger charge is -2.23. The molecular weight excluding hydrogens is 324 g/mol. The van der Waals surface area contributed by atoms with E-state index in [9.17, 15) is 4.79 Å². The average Bonchev–Trinajstić information content (AvgIpc) is 2.59. The maximum Gasteiger partial charge on any atom is 0.239 e. The zero-order valence-electron chi connectivity index (χ0n) is 13.5. The van der Waals surface area contributed by atoms with E-state index in [2.05, 4.69) is 10.6 Å². The highest BCUT2D eigenvalue weighted by Crippen LogP contribution is 2.39. The van der Waals surface area contributed by atoms with E-state index >= 15 is 0 Å². The molecule has 130 valence electrons. The molecule has 1 fully saturated rings. The van der Waals surface area contributed by atoms with Gasteiger partial charge in [-0.25, -0.2) is 0 Å². The molecule has 7 nitrogen and oxygen atoms in total. The lowest BCUT2D eigenvalue weighted by atomic mass is 10.1. The van der Waals surface area contributed by atoms with Gasteiger partial charge in [0.2, 0.25) is 11.7 Å². The molecule has 2 N–H and O–H groups in total. The normalized spacial score (nSPS) is 16.9. The zero-order valence-corrected chi connectivity index (χ0v) is 14.3. The Hall–Kier alpha value is -1.70. The van der Waals surface area contributed by atoms with Gasteiger partial charge in [-0.3, -0.25) is 4.79 Å². The molecule has 1 aliphatic rings. The second-order valence-corrected chi connectivity index (χ2v) is 4.79. The Morgan fingerprint density at radius 1 is 1.26 bits per heavy atom. The van der Waals surface area contributed by atoms with Gasteiger partial charge in [0.25, 0.3) is 0 Å². The molecule has 0 aliphatic carbocycles. The summed E-state index contributed by atoms with van der Waals surface area (Å²) in [6.07, 6.45) is 0. The van der Waals surface area contributed by atoms with E-state index in [1.807, 2.05) is 6.07 Å². The van der Waals surface area contributed by atoms with Crippen LogP contribution in [-0.2, 0) is 16.1 Å². The molecule has 1 aromatic carbocycles. The highest BCUT2D eigenvalue weighted by atomic mass is 35.5. The Balaban J connectivity index is 0.00000264. The van der Waals surface area contributed by atoms with E-state index in [-0.39, 0.29) is 24.4 Å². The van der Waals surface area contributed by atoms with Crippen LogP contribution in [0, 0.1) is 0 Å². The molecule has 8 heteroatoms. The minimum atomic E-state index is -0.320. The smallest absolute Gasteiger partial charge is 0.239 e. The van der Waals surface area contributed by atoms with Gasteiger partial charge < -0.3 is 29.6 Å². The molecular formula is C15H23ClN2O5. The molecule has 2 rings (SSSR count). The van der Waals surface area contributed by atoms with Crippen molar-refractivity contribution in [2.45, 2.75) is 12.6 Å². The van der Waals surface area contributed by atoms with E-state index in [1.165, 1.54) is 0 Å². The standard InChI is InChI=1S/C15H22N2O5.ClH/c1-19-12-5-4-10(13(20-2)14(12)21-3)8-17-15(18)11-9-22-7-6-16-11;/h4-5,11,16H,6-9H2,1-3H3,(H,17,18);1H. The number of amides is 1. The second-order valence-electron chi connectivity index (χ2n) is 4.79. The van der Waals surface area contributed by atoms with Crippen molar-refractivity contribution in [2.75, 3.05) is 41.1 Å². The highest BCUT2D eigenvalue weighted by Gasteiger charge is 2.22. The SMILES string of the molecule is COc1ccc(CNC(=O)C2COCCN2)c(OC)c1OC.Cl. The van der Waals surface area contributed by atoms with E-state index in [1.54, 1.807) is 27.4 Å². The van der Waals surface area contributed by atoms with Gasteiger partial charge >= 0.3 is 0 Å². The van der Waals surface area contributed by atoms with Gasteiger partial charge in [0.1, 0.15) is 6.04 Å². The fraction of sp³-hybridized carbons (Fsp3) is 0.533. The largest absolute Gasteiger partial charge is 0.493 e. The van der Waals surface area contributed by atoms with Crippen molar-refractivity contribution in [1.82, 2.24) is 10.6 Å². The third-order valence-electron chi connectivity index (χ3n) is 3.48. The molecule has 1 amide bonds. The Bertz CT molecular complexity index is 521. The van der Waals surface area contributed by atoms with Crippen LogP contribution in [0.15, 0.2) is 12.1 Å². The van der Waals surface area contributed by atoms with Crippen molar-refractivity contribution < 1.29 is 23.7 Å². The molecule has 0 radical (unpaired) electrons. The number of halogens is 1. The van der Waals surface area contributed by atoms with Crippen LogP contribution in [0.3, 0.4) is 0 Å². The number of benzene rings is 1. The second kappa shape index (κ2) is 9.44. The van der Waals surface area contributed by atoms with Crippen molar-refractivity contribution in [1.29, 1.82) is 0 Å². The van der Waals surface area contributed by atoms with Crippen molar-refractivity contribution >= 4 is 18.3 Å².